The Bertz CT molecular complexity index is 704. The summed E-state index contributed by atoms with van der Waals surface area (Å²) in [5, 5.41) is 4.61. The molecule has 0 unspecified atom stereocenters. The van der Waals surface area contributed by atoms with Crippen LogP contribution < -0.4 is 10.3 Å². The number of piperidine rings is 1. The number of rotatable bonds is 4. The van der Waals surface area contributed by atoms with Crippen LogP contribution in [0.5, 0.6) is 0 Å². The molecule has 2 aromatic rings. The molecule has 0 aromatic heterocycles. The number of amides is 1. The van der Waals surface area contributed by atoms with Crippen molar-refractivity contribution in [1.82, 2.24) is 5.43 Å². The molecule has 2 aromatic carbocycles. The highest BCUT2D eigenvalue weighted by Gasteiger charge is 2.10. The molecule has 1 amide bonds. The van der Waals surface area contributed by atoms with Gasteiger partial charge < -0.3 is 4.90 Å². The molecule has 1 aliphatic heterocycles. The summed E-state index contributed by atoms with van der Waals surface area (Å²) in [4.78, 5) is 14.3. The number of nitrogens with zero attached hydrogens (tertiary/aromatic N) is 2. The molecule has 1 saturated heterocycles. The van der Waals surface area contributed by atoms with E-state index in [1.165, 1.54) is 24.9 Å². The molecule has 1 fully saturated rings. The van der Waals surface area contributed by atoms with Crippen LogP contribution in [0.15, 0.2) is 53.6 Å². The minimum absolute atomic E-state index is 0.257. The maximum Gasteiger partial charge on any atom is 0.271 e. The first kappa shape index (κ1) is 16.5. The Morgan fingerprint density at radius 1 is 1.00 bits per heavy atom. The third-order valence-corrected chi connectivity index (χ3v) is 4.35. The van der Waals surface area contributed by atoms with Crippen LogP contribution in [0.4, 0.5) is 5.69 Å². The lowest BCUT2D eigenvalue weighted by Gasteiger charge is -2.28. The lowest BCUT2D eigenvalue weighted by Crippen LogP contribution is -2.29. The monoisotopic (exact) mass is 341 g/mol. The Morgan fingerprint density at radius 3 is 2.33 bits per heavy atom. The molecule has 0 saturated carbocycles. The van der Waals surface area contributed by atoms with Crippen LogP contribution in [0.3, 0.4) is 0 Å². The molecule has 1 N–H and O–H groups in total. The average Bonchev–Trinajstić information content (AvgIpc) is 2.63. The van der Waals surface area contributed by atoms with Crippen molar-refractivity contribution in [3.05, 3.63) is 64.7 Å². The summed E-state index contributed by atoms with van der Waals surface area (Å²) in [7, 11) is 0. The highest BCUT2D eigenvalue weighted by Crippen LogP contribution is 2.19. The second-order valence-corrected chi connectivity index (χ2v) is 6.28. The fourth-order valence-electron chi connectivity index (χ4n) is 2.75. The van der Waals surface area contributed by atoms with Crippen LogP contribution in [0.2, 0.25) is 5.02 Å². The fraction of sp³-hybridized carbons (Fsp3) is 0.263. The van der Waals surface area contributed by atoms with Gasteiger partial charge in [0.1, 0.15) is 0 Å². The number of benzene rings is 2. The molecule has 3 rings (SSSR count). The van der Waals surface area contributed by atoms with E-state index in [2.05, 4.69) is 27.6 Å². The highest BCUT2D eigenvalue weighted by atomic mass is 35.5. The average molecular weight is 342 g/mol. The van der Waals surface area contributed by atoms with E-state index in [0.717, 1.165) is 18.7 Å². The molecular formula is C19H20ClN3O. The van der Waals surface area contributed by atoms with Crippen molar-refractivity contribution >= 4 is 29.4 Å². The van der Waals surface area contributed by atoms with E-state index >= 15 is 0 Å². The molecule has 1 heterocycles. The van der Waals surface area contributed by atoms with Crippen LogP contribution >= 0.6 is 11.6 Å². The first-order chi connectivity index (χ1) is 11.7. The summed E-state index contributed by atoms with van der Waals surface area (Å²) in [5.74, 6) is -0.257. The summed E-state index contributed by atoms with van der Waals surface area (Å²) < 4.78 is 0. The van der Waals surface area contributed by atoms with Crippen molar-refractivity contribution in [3.8, 4) is 0 Å². The van der Waals surface area contributed by atoms with Crippen molar-refractivity contribution in [2.24, 2.45) is 5.10 Å². The van der Waals surface area contributed by atoms with Crippen LogP contribution in [-0.2, 0) is 0 Å². The van der Waals surface area contributed by atoms with Gasteiger partial charge in [0.25, 0.3) is 5.91 Å². The van der Waals surface area contributed by atoms with Crippen molar-refractivity contribution in [1.29, 1.82) is 0 Å². The number of carbonyl (C=O) groups excluding carboxylic acids is 1. The molecule has 124 valence electrons. The van der Waals surface area contributed by atoms with Gasteiger partial charge in [-0.25, -0.2) is 5.43 Å². The number of anilines is 1. The zero-order valence-corrected chi connectivity index (χ0v) is 14.2. The van der Waals surface area contributed by atoms with Crippen molar-refractivity contribution in [2.45, 2.75) is 19.3 Å². The molecule has 0 atom stereocenters. The topological polar surface area (TPSA) is 44.7 Å². The summed E-state index contributed by atoms with van der Waals surface area (Å²) in [6.07, 6.45) is 5.50. The molecule has 0 radical (unpaired) electrons. The van der Waals surface area contributed by atoms with Crippen molar-refractivity contribution in [2.75, 3.05) is 18.0 Å². The molecular weight excluding hydrogens is 322 g/mol. The predicted octanol–water partition coefficient (Wildman–Crippen LogP) is 4.09. The van der Waals surface area contributed by atoms with E-state index < -0.39 is 0 Å². The van der Waals surface area contributed by atoms with Gasteiger partial charge in [-0.2, -0.15) is 5.10 Å². The van der Waals surface area contributed by atoms with E-state index in [9.17, 15) is 4.79 Å². The molecule has 24 heavy (non-hydrogen) atoms. The third-order valence-electron chi connectivity index (χ3n) is 4.10. The lowest BCUT2D eigenvalue weighted by molar-refractivity contribution is 0.0955. The molecule has 5 heteroatoms. The van der Waals surface area contributed by atoms with Gasteiger partial charge in [0.05, 0.1) is 6.21 Å². The minimum atomic E-state index is -0.257. The fourth-order valence-corrected chi connectivity index (χ4v) is 2.88. The summed E-state index contributed by atoms with van der Waals surface area (Å²) in [5.41, 5.74) is 5.25. The van der Waals surface area contributed by atoms with Gasteiger partial charge in [-0.05, 0) is 61.2 Å². The van der Waals surface area contributed by atoms with Gasteiger partial charge in [-0.15, -0.1) is 0 Å². The Hall–Kier alpha value is -2.33. The highest BCUT2D eigenvalue weighted by molar-refractivity contribution is 6.30. The van der Waals surface area contributed by atoms with Crippen LogP contribution in [-0.4, -0.2) is 25.2 Å². The Balaban J connectivity index is 1.56. The van der Waals surface area contributed by atoms with E-state index in [-0.39, 0.29) is 5.91 Å². The first-order valence-corrected chi connectivity index (χ1v) is 8.54. The lowest BCUT2D eigenvalue weighted by atomic mass is 10.1. The quantitative estimate of drug-likeness (QED) is 0.672. The Morgan fingerprint density at radius 2 is 1.67 bits per heavy atom. The zero-order chi connectivity index (χ0) is 16.8. The molecule has 0 aliphatic carbocycles. The Labute approximate surface area is 147 Å². The van der Waals surface area contributed by atoms with Gasteiger partial charge in [-0.1, -0.05) is 23.7 Å². The van der Waals surface area contributed by atoms with E-state index in [4.69, 9.17) is 11.6 Å². The van der Waals surface area contributed by atoms with E-state index in [1.807, 2.05) is 12.1 Å². The third kappa shape index (κ3) is 4.36. The predicted molar refractivity (Wildman–Crippen MR) is 99.0 cm³/mol. The summed E-state index contributed by atoms with van der Waals surface area (Å²) in [6, 6.07) is 14.9. The SMILES string of the molecule is O=C(N/N=C/c1ccc(N2CCCCC2)cc1)c1ccc(Cl)cc1. The van der Waals surface area contributed by atoms with Crippen molar-refractivity contribution < 1.29 is 4.79 Å². The van der Waals surface area contributed by atoms with Gasteiger partial charge in [0.15, 0.2) is 0 Å². The number of nitrogens with one attached hydrogen (secondary N) is 1. The molecule has 0 bridgehead atoms. The minimum Gasteiger partial charge on any atom is -0.372 e. The van der Waals surface area contributed by atoms with E-state index in [1.54, 1.807) is 30.5 Å². The maximum absolute atomic E-state index is 11.9. The molecule has 0 spiro atoms. The summed E-state index contributed by atoms with van der Waals surface area (Å²) in [6.45, 7) is 2.26. The van der Waals surface area contributed by atoms with Crippen LogP contribution in [0.1, 0.15) is 35.2 Å². The summed E-state index contributed by atoms with van der Waals surface area (Å²) >= 11 is 5.80. The zero-order valence-electron chi connectivity index (χ0n) is 13.4. The molecule has 1 aliphatic rings. The van der Waals surface area contributed by atoms with E-state index in [0.29, 0.717) is 10.6 Å². The van der Waals surface area contributed by atoms with Gasteiger partial charge in [0, 0.05) is 29.4 Å². The van der Waals surface area contributed by atoms with Gasteiger partial charge in [0.2, 0.25) is 0 Å². The first-order valence-electron chi connectivity index (χ1n) is 8.16. The number of hydrazone groups is 1. The Kier molecular flexibility index (Phi) is 5.49. The van der Waals surface area contributed by atoms with Crippen molar-refractivity contribution in [3.63, 3.8) is 0 Å². The smallest absolute Gasteiger partial charge is 0.271 e. The normalized spacial score (nSPS) is 14.8. The van der Waals surface area contributed by atoms with Gasteiger partial charge in [-0.3, -0.25) is 4.79 Å². The van der Waals surface area contributed by atoms with Crippen LogP contribution in [0, 0.1) is 0 Å². The number of carbonyl (C=O) groups is 1. The molecule has 4 nitrogen and oxygen atoms in total. The second-order valence-electron chi connectivity index (χ2n) is 5.85. The number of hydrogen-bond acceptors (Lipinski definition) is 3. The standard InChI is InChI=1S/C19H20ClN3O/c20-17-8-6-16(7-9-17)19(24)22-21-14-15-4-10-18(11-5-15)23-12-2-1-3-13-23/h4-11,14H,1-3,12-13H2,(H,22,24)/b21-14+. The number of halogens is 1. The van der Waals surface area contributed by atoms with Gasteiger partial charge >= 0.3 is 0 Å². The second kappa shape index (κ2) is 7.97. The van der Waals surface area contributed by atoms with Crippen LogP contribution in [0.25, 0.3) is 0 Å². The largest absolute Gasteiger partial charge is 0.372 e. The maximum atomic E-state index is 11.9. The number of hydrogen-bond donors (Lipinski definition) is 1.